The average Bonchev–Trinajstić information content (AvgIpc) is 2.50. The first-order valence-electron chi connectivity index (χ1n) is 8.50. The summed E-state index contributed by atoms with van der Waals surface area (Å²) in [5.41, 5.74) is 5.24. The van der Waals surface area contributed by atoms with Crippen molar-refractivity contribution in [3.05, 3.63) is 0 Å². The van der Waals surface area contributed by atoms with Gasteiger partial charge in [0.25, 0.3) is 0 Å². The standard InChI is InChI=1S/C16H29N3O2/c1-2-3-9-13(18-16(17)21)15(20)19-11-6-8-12-7-4-5-10-14(12)19/h12-14H,2-11H2,1H3,(H3,17,18,21)/t12-,13+,14-/m1/s1. The summed E-state index contributed by atoms with van der Waals surface area (Å²) in [7, 11) is 0. The molecule has 3 N–H and O–H groups in total. The number of urea groups is 1. The number of fused-ring (bicyclic) bond motifs is 1. The number of nitrogens with zero attached hydrogens (tertiary/aromatic N) is 1. The summed E-state index contributed by atoms with van der Waals surface area (Å²) in [6.07, 6.45) is 9.84. The third kappa shape index (κ3) is 4.11. The number of unbranched alkanes of at least 4 members (excludes halogenated alkanes) is 1. The van der Waals surface area contributed by atoms with Gasteiger partial charge >= 0.3 is 6.03 Å². The molecule has 3 atom stereocenters. The van der Waals surface area contributed by atoms with E-state index in [2.05, 4.69) is 12.2 Å². The molecule has 1 saturated heterocycles. The fourth-order valence-electron chi connectivity index (χ4n) is 3.94. The maximum absolute atomic E-state index is 12.9. The first kappa shape index (κ1) is 16.1. The van der Waals surface area contributed by atoms with Crippen molar-refractivity contribution in [2.45, 2.75) is 76.8 Å². The molecule has 2 fully saturated rings. The van der Waals surface area contributed by atoms with E-state index >= 15 is 0 Å². The topological polar surface area (TPSA) is 75.4 Å². The van der Waals surface area contributed by atoms with E-state index in [1.807, 2.05) is 4.90 Å². The second kappa shape index (κ2) is 7.66. The molecule has 21 heavy (non-hydrogen) atoms. The quantitative estimate of drug-likeness (QED) is 0.817. The number of amides is 3. The first-order chi connectivity index (χ1) is 10.1. The summed E-state index contributed by atoms with van der Waals surface area (Å²) < 4.78 is 0. The lowest BCUT2D eigenvalue weighted by Gasteiger charge is -2.45. The van der Waals surface area contributed by atoms with Crippen LogP contribution in [0.25, 0.3) is 0 Å². The van der Waals surface area contributed by atoms with Crippen molar-refractivity contribution < 1.29 is 9.59 Å². The molecule has 0 radical (unpaired) electrons. The molecule has 120 valence electrons. The largest absolute Gasteiger partial charge is 0.352 e. The van der Waals surface area contributed by atoms with E-state index in [-0.39, 0.29) is 5.91 Å². The van der Waals surface area contributed by atoms with Crippen molar-refractivity contribution in [3.63, 3.8) is 0 Å². The van der Waals surface area contributed by atoms with Crippen LogP contribution in [0.2, 0.25) is 0 Å². The van der Waals surface area contributed by atoms with Crippen molar-refractivity contribution in [2.24, 2.45) is 11.7 Å². The van der Waals surface area contributed by atoms with Crippen molar-refractivity contribution in [2.75, 3.05) is 6.54 Å². The number of nitrogens with two attached hydrogens (primary N) is 1. The Kier molecular flexibility index (Phi) is 5.88. The van der Waals surface area contributed by atoms with Gasteiger partial charge in [0.1, 0.15) is 6.04 Å². The highest BCUT2D eigenvalue weighted by Gasteiger charge is 2.37. The Morgan fingerprint density at radius 2 is 1.95 bits per heavy atom. The molecule has 0 aromatic rings. The number of hydrogen-bond donors (Lipinski definition) is 2. The van der Waals surface area contributed by atoms with E-state index < -0.39 is 12.1 Å². The highest BCUT2D eigenvalue weighted by atomic mass is 16.2. The predicted molar refractivity (Wildman–Crippen MR) is 82.7 cm³/mol. The van der Waals surface area contributed by atoms with Crippen LogP contribution in [0.4, 0.5) is 4.79 Å². The van der Waals surface area contributed by atoms with E-state index in [4.69, 9.17) is 5.73 Å². The summed E-state index contributed by atoms with van der Waals surface area (Å²) in [4.78, 5) is 26.1. The van der Waals surface area contributed by atoms with Gasteiger partial charge in [-0.1, -0.05) is 32.6 Å². The second-order valence-electron chi connectivity index (χ2n) is 6.49. The molecular weight excluding hydrogens is 266 g/mol. The van der Waals surface area contributed by atoms with Gasteiger partial charge in [-0.05, 0) is 38.0 Å². The molecule has 2 rings (SSSR count). The highest BCUT2D eigenvalue weighted by Crippen LogP contribution is 2.35. The maximum atomic E-state index is 12.9. The minimum atomic E-state index is -0.596. The molecule has 0 unspecified atom stereocenters. The minimum Gasteiger partial charge on any atom is -0.352 e. The van der Waals surface area contributed by atoms with Crippen LogP contribution in [0.15, 0.2) is 0 Å². The Hall–Kier alpha value is -1.26. The van der Waals surface area contributed by atoms with Gasteiger partial charge in [-0.15, -0.1) is 0 Å². The zero-order valence-corrected chi connectivity index (χ0v) is 13.1. The zero-order chi connectivity index (χ0) is 15.2. The Labute approximate surface area is 127 Å². The van der Waals surface area contributed by atoms with Gasteiger partial charge in [-0.25, -0.2) is 4.79 Å². The number of nitrogens with one attached hydrogen (secondary N) is 1. The van der Waals surface area contributed by atoms with Crippen LogP contribution in [0, 0.1) is 5.92 Å². The van der Waals surface area contributed by atoms with Crippen LogP contribution in [0.5, 0.6) is 0 Å². The monoisotopic (exact) mass is 295 g/mol. The number of carbonyl (C=O) groups excluding carboxylic acids is 2. The molecule has 0 aromatic heterocycles. The summed E-state index contributed by atoms with van der Waals surface area (Å²) >= 11 is 0. The Bertz CT molecular complexity index is 371. The third-order valence-corrected chi connectivity index (χ3v) is 4.99. The van der Waals surface area contributed by atoms with Crippen molar-refractivity contribution in [3.8, 4) is 0 Å². The van der Waals surface area contributed by atoms with Crippen molar-refractivity contribution in [1.29, 1.82) is 0 Å². The van der Waals surface area contributed by atoms with Crippen LogP contribution in [0.3, 0.4) is 0 Å². The van der Waals surface area contributed by atoms with Gasteiger partial charge in [0.2, 0.25) is 5.91 Å². The van der Waals surface area contributed by atoms with Crippen LogP contribution in [0.1, 0.15) is 64.7 Å². The Morgan fingerprint density at radius 3 is 2.67 bits per heavy atom. The van der Waals surface area contributed by atoms with Crippen molar-refractivity contribution in [1.82, 2.24) is 10.2 Å². The van der Waals surface area contributed by atoms with Gasteiger partial charge in [0.15, 0.2) is 0 Å². The zero-order valence-electron chi connectivity index (χ0n) is 13.1. The number of carbonyl (C=O) groups is 2. The summed E-state index contributed by atoms with van der Waals surface area (Å²) in [5, 5.41) is 2.65. The average molecular weight is 295 g/mol. The molecule has 0 spiro atoms. The lowest BCUT2D eigenvalue weighted by molar-refractivity contribution is -0.139. The number of primary amides is 1. The fourth-order valence-corrected chi connectivity index (χ4v) is 3.94. The smallest absolute Gasteiger partial charge is 0.312 e. The second-order valence-corrected chi connectivity index (χ2v) is 6.49. The molecule has 1 heterocycles. The number of rotatable bonds is 5. The molecule has 0 bridgehead atoms. The van der Waals surface area contributed by atoms with Crippen LogP contribution >= 0.6 is 0 Å². The van der Waals surface area contributed by atoms with Crippen LogP contribution in [-0.4, -0.2) is 35.5 Å². The number of hydrogen-bond acceptors (Lipinski definition) is 2. The van der Waals surface area contributed by atoms with Crippen LogP contribution in [-0.2, 0) is 4.79 Å². The first-order valence-corrected chi connectivity index (χ1v) is 8.50. The number of likely N-dealkylation sites (tertiary alicyclic amines) is 1. The molecule has 0 aromatic carbocycles. The minimum absolute atomic E-state index is 0.0823. The molecule has 5 nitrogen and oxygen atoms in total. The maximum Gasteiger partial charge on any atom is 0.312 e. The highest BCUT2D eigenvalue weighted by molar-refractivity contribution is 5.86. The third-order valence-electron chi connectivity index (χ3n) is 4.99. The predicted octanol–water partition coefficient (Wildman–Crippen LogP) is 2.39. The Balaban J connectivity index is 2.04. The number of piperidine rings is 1. The van der Waals surface area contributed by atoms with Gasteiger partial charge < -0.3 is 16.0 Å². The summed E-state index contributed by atoms with van der Waals surface area (Å²) in [5.74, 6) is 0.746. The molecule has 1 aliphatic heterocycles. The van der Waals surface area contributed by atoms with E-state index in [1.165, 1.54) is 25.7 Å². The normalized spacial score (nSPS) is 26.8. The van der Waals surface area contributed by atoms with Crippen LogP contribution < -0.4 is 11.1 Å². The van der Waals surface area contributed by atoms with E-state index in [0.717, 1.165) is 32.2 Å². The SMILES string of the molecule is CCCC[C@H](NC(N)=O)C(=O)N1CCC[C@H]2CCCC[C@H]21. The fraction of sp³-hybridized carbons (Fsp3) is 0.875. The lowest BCUT2D eigenvalue weighted by Crippen LogP contribution is -2.56. The van der Waals surface area contributed by atoms with Gasteiger partial charge in [-0.2, -0.15) is 0 Å². The van der Waals surface area contributed by atoms with Gasteiger partial charge in [-0.3, -0.25) is 4.79 Å². The Morgan fingerprint density at radius 1 is 1.24 bits per heavy atom. The summed E-state index contributed by atoms with van der Waals surface area (Å²) in [6, 6.07) is -0.649. The van der Waals surface area contributed by atoms with E-state index in [9.17, 15) is 9.59 Å². The summed E-state index contributed by atoms with van der Waals surface area (Å²) in [6.45, 7) is 2.92. The molecular formula is C16H29N3O2. The van der Waals surface area contributed by atoms with Crippen molar-refractivity contribution >= 4 is 11.9 Å². The molecule has 2 aliphatic rings. The van der Waals surface area contributed by atoms with Gasteiger partial charge in [0, 0.05) is 12.6 Å². The lowest BCUT2D eigenvalue weighted by atomic mass is 9.78. The molecule has 1 aliphatic carbocycles. The molecule has 5 heteroatoms. The van der Waals surface area contributed by atoms with Gasteiger partial charge in [0.05, 0.1) is 0 Å². The van der Waals surface area contributed by atoms with E-state index in [1.54, 1.807) is 0 Å². The van der Waals surface area contributed by atoms with E-state index in [0.29, 0.717) is 18.4 Å². The molecule has 1 saturated carbocycles. The molecule has 3 amide bonds.